The Bertz CT molecular complexity index is 504. The summed E-state index contributed by atoms with van der Waals surface area (Å²) in [6, 6.07) is 1.76. The third-order valence-corrected chi connectivity index (χ3v) is 2.49. The molecule has 5 nitrogen and oxygen atoms in total. The predicted molar refractivity (Wildman–Crippen MR) is 57.3 cm³/mol. The molecule has 1 fully saturated rings. The van der Waals surface area contributed by atoms with Gasteiger partial charge in [0.1, 0.15) is 5.82 Å². The summed E-state index contributed by atoms with van der Waals surface area (Å²) in [7, 11) is 1.85. The van der Waals surface area contributed by atoms with Crippen LogP contribution in [0.3, 0.4) is 0 Å². The molecule has 82 valence electrons. The Labute approximate surface area is 93.1 Å². The van der Waals surface area contributed by atoms with Crippen LogP contribution in [0.2, 0.25) is 0 Å². The molecule has 1 aliphatic rings. The summed E-state index contributed by atoms with van der Waals surface area (Å²) in [5.74, 6) is 2.71. The van der Waals surface area contributed by atoms with Gasteiger partial charge < -0.3 is 4.74 Å². The van der Waals surface area contributed by atoms with Crippen LogP contribution in [0.1, 0.15) is 24.6 Å². The first-order chi connectivity index (χ1) is 7.81. The molecule has 2 aromatic rings. The fourth-order valence-corrected chi connectivity index (χ4v) is 1.52. The summed E-state index contributed by atoms with van der Waals surface area (Å²) in [5.41, 5.74) is 0. The molecule has 0 spiro atoms. The van der Waals surface area contributed by atoms with E-state index in [1.54, 1.807) is 29.3 Å². The summed E-state index contributed by atoms with van der Waals surface area (Å²) in [6.45, 7) is 0. The fraction of sp³-hybridized carbons (Fsp3) is 0.364. The standard InChI is InChI=1S/C11H12N4O/c1-15-7-9(6-13-15)16-10-4-5-12-11(14-10)8-2-3-8/h4-8H,2-3H2,1H3. The Hall–Kier alpha value is -1.91. The third-order valence-electron chi connectivity index (χ3n) is 2.49. The highest BCUT2D eigenvalue weighted by molar-refractivity contribution is 5.22. The molecular weight excluding hydrogens is 204 g/mol. The number of aryl methyl sites for hydroxylation is 1. The smallest absolute Gasteiger partial charge is 0.222 e. The van der Waals surface area contributed by atoms with Gasteiger partial charge in [-0.25, -0.2) is 4.98 Å². The molecule has 0 aliphatic heterocycles. The molecular formula is C11H12N4O. The van der Waals surface area contributed by atoms with E-state index in [0.29, 0.717) is 17.5 Å². The van der Waals surface area contributed by atoms with Crippen LogP contribution >= 0.6 is 0 Å². The van der Waals surface area contributed by atoms with Crippen LogP contribution in [0.4, 0.5) is 0 Å². The average Bonchev–Trinajstić information content (AvgIpc) is 3.05. The van der Waals surface area contributed by atoms with Crippen molar-refractivity contribution in [3.8, 4) is 11.6 Å². The SMILES string of the molecule is Cn1cc(Oc2ccnc(C3CC3)n2)cn1. The molecule has 0 unspecified atom stereocenters. The van der Waals surface area contributed by atoms with Crippen LogP contribution in [0, 0.1) is 0 Å². The van der Waals surface area contributed by atoms with Crippen molar-refractivity contribution in [1.82, 2.24) is 19.7 Å². The second kappa shape index (κ2) is 3.59. The number of aromatic nitrogens is 4. The molecule has 0 radical (unpaired) electrons. The van der Waals surface area contributed by atoms with Crippen molar-refractivity contribution in [2.45, 2.75) is 18.8 Å². The highest BCUT2D eigenvalue weighted by Gasteiger charge is 2.26. The molecule has 0 bridgehead atoms. The minimum atomic E-state index is 0.539. The van der Waals surface area contributed by atoms with Crippen molar-refractivity contribution in [2.75, 3.05) is 0 Å². The van der Waals surface area contributed by atoms with Crippen molar-refractivity contribution in [2.24, 2.45) is 7.05 Å². The Morgan fingerprint density at radius 1 is 1.44 bits per heavy atom. The van der Waals surface area contributed by atoms with Gasteiger partial charge in [-0.1, -0.05) is 0 Å². The zero-order valence-electron chi connectivity index (χ0n) is 9.00. The number of nitrogens with zero attached hydrogens (tertiary/aromatic N) is 4. The first-order valence-electron chi connectivity index (χ1n) is 5.31. The lowest BCUT2D eigenvalue weighted by Crippen LogP contribution is -1.94. The van der Waals surface area contributed by atoms with Crippen molar-refractivity contribution >= 4 is 0 Å². The fourth-order valence-electron chi connectivity index (χ4n) is 1.52. The second-order valence-corrected chi connectivity index (χ2v) is 3.98. The van der Waals surface area contributed by atoms with Gasteiger partial charge in [0.15, 0.2) is 5.75 Å². The highest BCUT2D eigenvalue weighted by atomic mass is 16.5. The Kier molecular flexibility index (Phi) is 2.09. The van der Waals surface area contributed by atoms with Gasteiger partial charge in [0, 0.05) is 25.2 Å². The molecule has 16 heavy (non-hydrogen) atoms. The van der Waals surface area contributed by atoms with Crippen molar-refractivity contribution in [3.63, 3.8) is 0 Å². The summed E-state index contributed by atoms with van der Waals surface area (Å²) >= 11 is 0. The highest BCUT2D eigenvalue weighted by Crippen LogP contribution is 2.38. The molecule has 3 rings (SSSR count). The number of ether oxygens (including phenoxy) is 1. The van der Waals surface area contributed by atoms with E-state index in [1.165, 1.54) is 12.8 Å². The van der Waals surface area contributed by atoms with Gasteiger partial charge in [0.2, 0.25) is 5.88 Å². The van der Waals surface area contributed by atoms with Crippen LogP contribution in [0.5, 0.6) is 11.6 Å². The summed E-state index contributed by atoms with van der Waals surface area (Å²) in [4.78, 5) is 8.61. The molecule has 2 heterocycles. The van der Waals surface area contributed by atoms with E-state index in [4.69, 9.17) is 4.74 Å². The maximum Gasteiger partial charge on any atom is 0.222 e. The molecule has 0 amide bonds. The Balaban J connectivity index is 1.81. The summed E-state index contributed by atoms with van der Waals surface area (Å²) in [5, 5.41) is 4.03. The molecule has 0 aromatic carbocycles. The van der Waals surface area contributed by atoms with Crippen LogP contribution in [0.15, 0.2) is 24.7 Å². The lowest BCUT2D eigenvalue weighted by Gasteiger charge is -2.02. The van der Waals surface area contributed by atoms with Crippen molar-refractivity contribution < 1.29 is 4.74 Å². The van der Waals surface area contributed by atoms with E-state index in [2.05, 4.69) is 15.1 Å². The van der Waals surface area contributed by atoms with Crippen LogP contribution in [-0.4, -0.2) is 19.7 Å². The predicted octanol–water partition coefficient (Wildman–Crippen LogP) is 1.88. The van der Waals surface area contributed by atoms with Gasteiger partial charge >= 0.3 is 0 Å². The normalized spacial score (nSPS) is 15.1. The van der Waals surface area contributed by atoms with Crippen LogP contribution in [0.25, 0.3) is 0 Å². The van der Waals surface area contributed by atoms with E-state index in [0.717, 1.165) is 5.82 Å². The molecule has 2 aromatic heterocycles. The maximum atomic E-state index is 5.58. The van der Waals surface area contributed by atoms with E-state index in [9.17, 15) is 0 Å². The zero-order valence-corrected chi connectivity index (χ0v) is 9.00. The van der Waals surface area contributed by atoms with E-state index >= 15 is 0 Å². The Morgan fingerprint density at radius 3 is 3.00 bits per heavy atom. The molecule has 1 saturated carbocycles. The zero-order chi connectivity index (χ0) is 11.0. The van der Waals surface area contributed by atoms with Crippen LogP contribution in [-0.2, 0) is 7.05 Å². The molecule has 0 atom stereocenters. The van der Waals surface area contributed by atoms with Gasteiger partial charge in [0.05, 0.1) is 12.4 Å². The van der Waals surface area contributed by atoms with Gasteiger partial charge in [0.25, 0.3) is 0 Å². The topological polar surface area (TPSA) is 52.8 Å². The molecule has 5 heteroatoms. The van der Waals surface area contributed by atoms with Gasteiger partial charge in [-0.05, 0) is 12.8 Å². The number of rotatable bonds is 3. The minimum absolute atomic E-state index is 0.539. The number of hydrogen-bond donors (Lipinski definition) is 0. The van der Waals surface area contributed by atoms with E-state index in [-0.39, 0.29) is 0 Å². The molecule has 1 aliphatic carbocycles. The average molecular weight is 216 g/mol. The van der Waals surface area contributed by atoms with E-state index in [1.807, 2.05) is 7.05 Å². The molecule has 0 saturated heterocycles. The van der Waals surface area contributed by atoms with Crippen LogP contribution < -0.4 is 4.74 Å². The Morgan fingerprint density at radius 2 is 2.31 bits per heavy atom. The van der Waals surface area contributed by atoms with Gasteiger partial charge in [-0.2, -0.15) is 10.1 Å². The van der Waals surface area contributed by atoms with Gasteiger partial charge in [-0.3, -0.25) is 4.68 Å². The van der Waals surface area contributed by atoms with Gasteiger partial charge in [-0.15, -0.1) is 0 Å². The third kappa shape index (κ3) is 1.88. The summed E-state index contributed by atoms with van der Waals surface area (Å²) in [6.07, 6.45) is 7.59. The largest absolute Gasteiger partial charge is 0.436 e. The summed E-state index contributed by atoms with van der Waals surface area (Å²) < 4.78 is 7.28. The number of hydrogen-bond acceptors (Lipinski definition) is 4. The lowest BCUT2D eigenvalue weighted by atomic mass is 10.4. The quantitative estimate of drug-likeness (QED) is 0.786. The van der Waals surface area contributed by atoms with Crippen molar-refractivity contribution in [3.05, 3.63) is 30.5 Å². The first kappa shape index (κ1) is 9.33. The second-order valence-electron chi connectivity index (χ2n) is 3.98. The first-order valence-corrected chi connectivity index (χ1v) is 5.31. The lowest BCUT2D eigenvalue weighted by molar-refractivity contribution is 0.458. The van der Waals surface area contributed by atoms with E-state index < -0.39 is 0 Å². The monoisotopic (exact) mass is 216 g/mol. The maximum absolute atomic E-state index is 5.58. The van der Waals surface area contributed by atoms with Crippen molar-refractivity contribution in [1.29, 1.82) is 0 Å². The molecule has 0 N–H and O–H groups in total. The minimum Gasteiger partial charge on any atom is -0.436 e.